The van der Waals surface area contributed by atoms with Gasteiger partial charge in [0.15, 0.2) is 0 Å². The Bertz CT molecular complexity index is 616. The number of hydrogen-bond donors (Lipinski definition) is 0. The van der Waals surface area contributed by atoms with Gasteiger partial charge in [0.2, 0.25) is 11.5 Å². The SMILES string of the molecule is CCCCCCOC1=C(OCCCCC[Si](OCC)(OCC)OCC)C(F)(F)C(F)(F)C1(F)F. The Hall–Kier alpha value is -0.983. The summed E-state index contributed by atoms with van der Waals surface area (Å²) in [5, 5.41) is 0. The average molecular weight is 525 g/mol. The maximum atomic E-state index is 14.2. The van der Waals surface area contributed by atoms with Gasteiger partial charge in [0.05, 0.1) is 13.2 Å². The number of allylic oxidation sites excluding steroid dienone is 2. The van der Waals surface area contributed by atoms with Crippen LogP contribution in [0.2, 0.25) is 6.04 Å². The van der Waals surface area contributed by atoms with Crippen LogP contribution in [-0.4, -0.2) is 59.6 Å². The molecule has 0 N–H and O–H groups in total. The monoisotopic (exact) mass is 524 g/mol. The molecule has 0 radical (unpaired) electrons. The van der Waals surface area contributed by atoms with E-state index in [1.54, 1.807) is 0 Å². The van der Waals surface area contributed by atoms with Gasteiger partial charge in [-0.2, -0.15) is 26.3 Å². The molecule has 0 amide bonds. The fraction of sp³-hybridized carbons (Fsp3) is 0.909. The second-order valence-electron chi connectivity index (χ2n) is 7.93. The van der Waals surface area contributed by atoms with Crippen molar-refractivity contribution in [3.63, 3.8) is 0 Å². The lowest BCUT2D eigenvalue weighted by molar-refractivity contribution is -0.276. The third-order valence-electron chi connectivity index (χ3n) is 5.28. The summed E-state index contributed by atoms with van der Waals surface area (Å²) in [6, 6.07) is 0.476. The van der Waals surface area contributed by atoms with E-state index >= 15 is 0 Å². The summed E-state index contributed by atoms with van der Waals surface area (Å²) in [6.45, 7) is 7.78. The second kappa shape index (κ2) is 13.9. The van der Waals surface area contributed by atoms with Gasteiger partial charge >= 0.3 is 26.6 Å². The van der Waals surface area contributed by atoms with Gasteiger partial charge in [0.1, 0.15) is 0 Å². The van der Waals surface area contributed by atoms with E-state index in [0.717, 1.165) is 12.8 Å². The molecule has 0 unspecified atom stereocenters. The van der Waals surface area contributed by atoms with Crippen molar-refractivity contribution in [1.29, 1.82) is 0 Å². The topological polar surface area (TPSA) is 46.2 Å². The van der Waals surface area contributed by atoms with Crippen LogP contribution in [0.25, 0.3) is 0 Å². The summed E-state index contributed by atoms with van der Waals surface area (Å²) in [7, 11) is -2.87. The van der Waals surface area contributed by atoms with Crippen LogP contribution in [-0.2, 0) is 22.8 Å². The van der Waals surface area contributed by atoms with E-state index in [1.165, 1.54) is 0 Å². The van der Waals surface area contributed by atoms with E-state index in [9.17, 15) is 26.3 Å². The third-order valence-corrected chi connectivity index (χ3v) is 8.43. The Kier molecular flexibility index (Phi) is 12.7. The van der Waals surface area contributed by atoms with Crippen LogP contribution in [0.3, 0.4) is 0 Å². The summed E-state index contributed by atoms with van der Waals surface area (Å²) < 4.78 is 111. The molecule has 0 bridgehead atoms. The van der Waals surface area contributed by atoms with Crippen LogP contribution in [0.5, 0.6) is 0 Å². The summed E-state index contributed by atoms with van der Waals surface area (Å²) in [5.74, 6) is -19.5. The molecule has 0 fully saturated rings. The molecule has 0 heterocycles. The summed E-state index contributed by atoms with van der Waals surface area (Å²) in [5.41, 5.74) is 0. The van der Waals surface area contributed by atoms with Crippen molar-refractivity contribution in [1.82, 2.24) is 0 Å². The number of hydrogen-bond acceptors (Lipinski definition) is 5. The molecule has 1 aliphatic carbocycles. The maximum absolute atomic E-state index is 14.2. The molecule has 0 saturated carbocycles. The molecule has 0 spiro atoms. The Morgan fingerprint density at radius 1 is 0.588 bits per heavy atom. The van der Waals surface area contributed by atoms with Crippen LogP contribution < -0.4 is 0 Å². The molecular weight excluding hydrogens is 486 g/mol. The fourth-order valence-corrected chi connectivity index (χ4v) is 6.26. The molecule has 5 nitrogen and oxygen atoms in total. The summed E-state index contributed by atoms with van der Waals surface area (Å²) in [6.07, 6.45) is 3.69. The van der Waals surface area contributed by atoms with Crippen LogP contribution in [0.4, 0.5) is 26.3 Å². The van der Waals surface area contributed by atoms with Crippen molar-refractivity contribution in [2.24, 2.45) is 0 Å². The van der Waals surface area contributed by atoms with Crippen LogP contribution in [0.15, 0.2) is 11.5 Å². The van der Waals surface area contributed by atoms with Gasteiger partial charge in [-0.3, -0.25) is 0 Å². The van der Waals surface area contributed by atoms with Crippen molar-refractivity contribution in [2.45, 2.75) is 96.5 Å². The molecule has 0 atom stereocenters. The summed E-state index contributed by atoms with van der Waals surface area (Å²) in [4.78, 5) is 0. The normalized spacial score (nSPS) is 19.0. The molecule has 34 heavy (non-hydrogen) atoms. The van der Waals surface area contributed by atoms with Gasteiger partial charge in [-0.25, -0.2) is 0 Å². The van der Waals surface area contributed by atoms with Crippen molar-refractivity contribution in [3.05, 3.63) is 11.5 Å². The number of alkyl halides is 6. The average Bonchev–Trinajstić information content (AvgIpc) is 2.85. The first-order chi connectivity index (χ1) is 16.0. The van der Waals surface area contributed by atoms with Gasteiger partial charge in [-0.1, -0.05) is 32.6 Å². The molecule has 0 aliphatic heterocycles. The van der Waals surface area contributed by atoms with Gasteiger partial charge in [-0.15, -0.1) is 0 Å². The molecule has 202 valence electrons. The highest BCUT2D eigenvalue weighted by Crippen LogP contribution is 2.59. The Morgan fingerprint density at radius 3 is 1.38 bits per heavy atom. The molecule has 0 aromatic rings. The molecule has 12 heteroatoms. The summed E-state index contributed by atoms with van der Waals surface area (Å²) >= 11 is 0. The number of unbranched alkanes of at least 4 members (excludes halogenated alkanes) is 5. The quantitative estimate of drug-likeness (QED) is 0.104. The first-order valence-electron chi connectivity index (χ1n) is 12.0. The first-order valence-corrected chi connectivity index (χ1v) is 14.0. The standard InChI is InChI=1S/C22H38F6O5Si/c1-5-9-10-12-15-29-18-19(21(25,26)22(27,28)20(18,23)24)30-16-13-11-14-17-34(31-6-2,32-7-3)33-8-4/h5-17H2,1-4H3. The largest absolute Gasteiger partial charge is 0.500 e. The predicted molar refractivity (Wildman–Crippen MR) is 117 cm³/mol. The van der Waals surface area contributed by atoms with Crippen LogP contribution in [0.1, 0.15) is 72.6 Å². The maximum Gasteiger partial charge on any atom is 0.500 e. The molecule has 1 aliphatic rings. The minimum Gasteiger partial charge on any atom is -0.488 e. The highest BCUT2D eigenvalue weighted by atomic mass is 28.4. The van der Waals surface area contributed by atoms with Gasteiger partial charge in [-0.05, 0) is 40.0 Å². The van der Waals surface area contributed by atoms with E-state index in [2.05, 4.69) is 0 Å². The van der Waals surface area contributed by atoms with Crippen LogP contribution in [0, 0.1) is 0 Å². The Balaban J connectivity index is 2.74. The number of rotatable bonds is 19. The lowest BCUT2D eigenvalue weighted by Crippen LogP contribution is -2.49. The molecule has 0 saturated heterocycles. The number of halogens is 6. The van der Waals surface area contributed by atoms with Crippen molar-refractivity contribution < 1.29 is 49.1 Å². The third kappa shape index (κ3) is 7.27. The molecule has 1 rings (SSSR count). The smallest absolute Gasteiger partial charge is 0.488 e. The zero-order chi connectivity index (χ0) is 25.9. The van der Waals surface area contributed by atoms with E-state index in [1.807, 2.05) is 27.7 Å². The van der Waals surface area contributed by atoms with E-state index < -0.39 is 44.7 Å². The highest BCUT2D eigenvalue weighted by Gasteiger charge is 2.83. The molecule has 0 aromatic heterocycles. The van der Waals surface area contributed by atoms with Gasteiger partial charge in [0, 0.05) is 25.9 Å². The van der Waals surface area contributed by atoms with E-state index in [-0.39, 0.29) is 19.4 Å². The Labute approximate surface area is 199 Å². The second-order valence-corrected chi connectivity index (χ2v) is 10.7. The fourth-order valence-electron chi connectivity index (χ4n) is 3.58. The zero-order valence-electron chi connectivity index (χ0n) is 20.5. The number of ether oxygens (including phenoxy) is 2. The lowest BCUT2D eigenvalue weighted by Gasteiger charge is -2.28. The van der Waals surface area contributed by atoms with Crippen molar-refractivity contribution in [2.75, 3.05) is 33.0 Å². The minimum atomic E-state index is -5.63. The zero-order valence-corrected chi connectivity index (χ0v) is 21.5. The van der Waals surface area contributed by atoms with Gasteiger partial charge < -0.3 is 22.8 Å². The Morgan fingerprint density at radius 2 is 1.00 bits per heavy atom. The van der Waals surface area contributed by atoms with E-state index in [4.69, 9.17) is 22.8 Å². The predicted octanol–water partition coefficient (Wildman–Crippen LogP) is 6.95. The van der Waals surface area contributed by atoms with E-state index in [0.29, 0.717) is 45.1 Å². The molecule has 0 aromatic carbocycles. The van der Waals surface area contributed by atoms with Gasteiger partial charge in [0.25, 0.3) is 0 Å². The minimum absolute atomic E-state index is 0.176. The lowest BCUT2D eigenvalue weighted by atomic mass is 10.1. The van der Waals surface area contributed by atoms with Crippen molar-refractivity contribution in [3.8, 4) is 0 Å². The van der Waals surface area contributed by atoms with Crippen LogP contribution >= 0.6 is 0 Å². The van der Waals surface area contributed by atoms with Crippen molar-refractivity contribution >= 4 is 8.80 Å². The molecular formula is C22H38F6O5Si. The first kappa shape index (κ1) is 31.0. The highest BCUT2D eigenvalue weighted by molar-refractivity contribution is 6.60.